The lowest BCUT2D eigenvalue weighted by molar-refractivity contribution is 0.273. The average molecular weight is 310 g/mol. The topological polar surface area (TPSA) is 72.6 Å². The third-order valence-corrected chi connectivity index (χ3v) is 5.21. The fraction of sp³-hybridized carbons (Fsp3) is 0.600. The Morgan fingerprint density at radius 2 is 2.24 bits per heavy atom. The van der Waals surface area contributed by atoms with Gasteiger partial charge in [-0.25, -0.2) is 13.6 Å². The Balaban J connectivity index is 1.59. The summed E-state index contributed by atoms with van der Waals surface area (Å²) in [5, 5.41) is 5.18. The summed E-state index contributed by atoms with van der Waals surface area (Å²) in [7, 11) is -3.39. The van der Waals surface area contributed by atoms with E-state index in [0.29, 0.717) is 0 Å². The molecule has 1 fully saturated rings. The summed E-state index contributed by atoms with van der Waals surface area (Å²) >= 11 is 0. The van der Waals surface area contributed by atoms with E-state index >= 15 is 0 Å². The van der Waals surface area contributed by atoms with Crippen LogP contribution < -0.4 is 9.88 Å². The number of fused-ring (bicyclic) bond motifs is 1. The van der Waals surface area contributed by atoms with Gasteiger partial charge in [0, 0.05) is 19.0 Å². The molecule has 1 saturated heterocycles. The summed E-state index contributed by atoms with van der Waals surface area (Å²) in [6.45, 7) is 2.63. The lowest BCUT2D eigenvalue weighted by Gasteiger charge is -2.23. The number of likely N-dealkylation sites (tertiary alicyclic amines) is 1. The minimum Gasteiger partial charge on any atom is -0.493 e. The maximum Gasteiger partial charge on any atom is 0.210 e. The summed E-state index contributed by atoms with van der Waals surface area (Å²) in [6.07, 6.45) is 3.90. The second-order valence-electron chi connectivity index (χ2n) is 5.95. The summed E-state index contributed by atoms with van der Waals surface area (Å²) in [5.74, 6) is 1.08. The van der Waals surface area contributed by atoms with Gasteiger partial charge in [0.05, 0.1) is 12.4 Å². The summed E-state index contributed by atoms with van der Waals surface area (Å²) < 4.78 is 28.1. The molecule has 2 N–H and O–H groups in total. The first-order valence-electron chi connectivity index (χ1n) is 7.50. The van der Waals surface area contributed by atoms with Crippen molar-refractivity contribution < 1.29 is 13.2 Å². The molecule has 2 heterocycles. The van der Waals surface area contributed by atoms with Crippen molar-refractivity contribution in [1.29, 1.82) is 0 Å². The van der Waals surface area contributed by atoms with Gasteiger partial charge < -0.3 is 4.74 Å². The van der Waals surface area contributed by atoms with Crippen LogP contribution in [-0.4, -0.2) is 44.8 Å². The molecule has 0 bridgehead atoms. The third-order valence-electron chi connectivity index (χ3n) is 4.37. The number of rotatable bonds is 5. The Morgan fingerprint density at radius 3 is 3.05 bits per heavy atom. The Kier molecular flexibility index (Phi) is 4.19. The van der Waals surface area contributed by atoms with Crippen LogP contribution in [0.3, 0.4) is 0 Å². The summed E-state index contributed by atoms with van der Waals surface area (Å²) in [5.41, 5.74) is 2.58. The highest BCUT2D eigenvalue weighted by molar-refractivity contribution is 7.89. The minimum atomic E-state index is -3.39. The van der Waals surface area contributed by atoms with E-state index in [-0.39, 0.29) is 11.8 Å². The smallest absolute Gasteiger partial charge is 0.210 e. The largest absolute Gasteiger partial charge is 0.493 e. The lowest BCUT2D eigenvalue weighted by Crippen LogP contribution is -2.38. The molecular formula is C15H22N2O3S. The molecule has 1 atom stereocenters. The number of sulfonamides is 1. The van der Waals surface area contributed by atoms with E-state index in [9.17, 15) is 8.42 Å². The van der Waals surface area contributed by atoms with Crippen LogP contribution in [0.4, 0.5) is 0 Å². The highest BCUT2D eigenvalue weighted by Crippen LogP contribution is 2.26. The van der Waals surface area contributed by atoms with Gasteiger partial charge >= 0.3 is 0 Å². The van der Waals surface area contributed by atoms with E-state index < -0.39 is 10.0 Å². The molecule has 0 saturated carbocycles. The SMILES string of the molecule is NS(=O)(=O)CC1CCCN1CCc1ccc2c(c1)CCO2. The van der Waals surface area contributed by atoms with E-state index in [1.807, 2.05) is 6.07 Å². The van der Waals surface area contributed by atoms with Gasteiger partial charge in [0.25, 0.3) is 0 Å². The van der Waals surface area contributed by atoms with Crippen LogP contribution in [-0.2, 0) is 22.9 Å². The summed E-state index contributed by atoms with van der Waals surface area (Å²) in [4.78, 5) is 2.26. The zero-order valence-electron chi connectivity index (χ0n) is 12.1. The fourth-order valence-corrected chi connectivity index (χ4v) is 4.23. The number of hydrogen-bond donors (Lipinski definition) is 1. The summed E-state index contributed by atoms with van der Waals surface area (Å²) in [6, 6.07) is 6.45. The first kappa shape index (κ1) is 14.8. The van der Waals surface area contributed by atoms with Crippen LogP contribution in [0, 0.1) is 0 Å². The van der Waals surface area contributed by atoms with E-state index in [1.54, 1.807) is 0 Å². The number of nitrogens with two attached hydrogens (primary N) is 1. The van der Waals surface area contributed by atoms with Crippen molar-refractivity contribution in [1.82, 2.24) is 4.90 Å². The Labute approximate surface area is 126 Å². The highest BCUT2D eigenvalue weighted by Gasteiger charge is 2.27. The van der Waals surface area contributed by atoms with E-state index in [4.69, 9.17) is 9.88 Å². The van der Waals surface area contributed by atoms with Gasteiger partial charge in [-0.3, -0.25) is 4.90 Å². The molecule has 2 aliphatic rings. The van der Waals surface area contributed by atoms with Gasteiger partial charge in [-0.15, -0.1) is 0 Å². The van der Waals surface area contributed by atoms with Gasteiger partial charge in [-0.05, 0) is 43.0 Å². The molecule has 1 aromatic rings. The monoisotopic (exact) mass is 310 g/mol. The van der Waals surface area contributed by atoms with Crippen molar-refractivity contribution >= 4 is 10.0 Å². The van der Waals surface area contributed by atoms with Crippen molar-refractivity contribution in [2.75, 3.05) is 25.4 Å². The van der Waals surface area contributed by atoms with Gasteiger partial charge in [0.1, 0.15) is 5.75 Å². The van der Waals surface area contributed by atoms with Crippen molar-refractivity contribution in [3.05, 3.63) is 29.3 Å². The van der Waals surface area contributed by atoms with Crippen molar-refractivity contribution in [3.8, 4) is 5.75 Å². The zero-order chi connectivity index (χ0) is 14.9. The minimum absolute atomic E-state index is 0.0744. The molecule has 21 heavy (non-hydrogen) atoms. The lowest BCUT2D eigenvalue weighted by atomic mass is 10.1. The standard InChI is InChI=1S/C15H22N2O3S/c16-21(18,19)11-14-2-1-7-17(14)8-5-12-3-4-15-13(10-12)6-9-20-15/h3-4,10,14H,1-2,5-9,11H2,(H2,16,18,19). The van der Waals surface area contributed by atoms with Crippen LogP contribution in [0.5, 0.6) is 5.75 Å². The second kappa shape index (κ2) is 5.94. The van der Waals surface area contributed by atoms with E-state index in [0.717, 1.165) is 51.1 Å². The van der Waals surface area contributed by atoms with Crippen LogP contribution in [0.25, 0.3) is 0 Å². The maximum absolute atomic E-state index is 11.3. The average Bonchev–Trinajstić information content (AvgIpc) is 3.02. The predicted octanol–water partition coefficient (Wildman–Crippen LogP) is 0.917. The maximum atomic E-state index is 11.3. The van der Waals surface area contributed by atoms with Gasteiger partial charge in [0.15, 0.2) is 0 Å². The molecule has 0 amide bonds. The molecule has 0 aromatic heterocycles. The predicted molar refractivity (Wildman–Crippen MR) is 81.9 cm³/mol. The second-order valence-corrected chi connectivity index (χ2v) is 7.61. The van der Waals surface area contributed by atoms with Crippen molar-refractivity contribution in [2.45, 2.75) is 31.7 Å². The molecule has 1 unspecified atom stereocenters. The fourth-order valence-electron chi connectivity index (χ4n) is 3.31. The Bertz CT molecular complexity index is 615. The van der Waals surface area contributed by atoms with Crippen LogP contribution in [0.1, 0.15) is 24.0 Å². The van der Waals surface area contributed by atoms with E-state index in [1.165, 1.54) is 11.1 Å². The molecular weight excluding hydrogens is 288 g/mol. The van der Waals surface area contributed by atoms with Gasteiger partial charge in [0.2, 0.25) is 10.0 Å². The number of hydrogen-bond acceptors (Lipinski definition) is 4. The normalized spacial score (nSPS) is 22.2. The molecule has 1 aromatic carbocycles. The Hall–Kier alpha value is -1.11. The van der Waals surface area contributed by atoms with Crippen LogP contribution in [0.2, 0.25) is 0 Å². The van der Waals surface area contributed by atoms with Crippen molar-refractivity contribution in [3.63, 3.8) is 0 Å². The molecule has 0 radical (unpaired) electrons. The van der Waals surface area contributed by atoms with E-state index in [2.05, 4.69) is 17.0 Å². The molecule has 5 nitrogen and oxygen atoms in total. The van der Waals surface area contributed by atoms with Crippen molar-refractivity contribution in [2.24, 2.45) is 5.14 Å². The number of benzene rings is 1. The molecule has 116 valence electrons. The number of ether oxygens (including phenoxy) is 1. The number of nitrogens with zero attached hydrogens (tertiary/aromatic N) is 1. The van der Waals surface area contributed by atoms with Gasteiger partial charge in [-0.1, -0.05) is 12.1 Å². The first-order valence-corrected chi connectivity index (χ1v) is 9.22. The van der Waals surface area contributed by atoms with Gasteiger partial charge in [-0.2, -0.15) is 0 Å². The molecule has 6 heteroatoms. The molecule has 0 aliphatic carbocycles. The van der Waals surface area contributed by atoms with Crippen LogP contribution >= 0.6 is 0 Å². The van der Waals surface area contributed by atoms with Crippen LogP contribution in [0.15, 0.2) is 18.2 Å². The molecule has 2 aliphatic heterocycles. The number of primary sulfonamides is 1. The zero-order valence-corrected chi connectivity index (χ0v) is 12.9. The highest BCUT2D eigenvalue weighted by atomic mass is 32.2. The quantitative estimate of drug-likeness (QED) is 0.877. The molecule has 3 rings (SSSR count). The first-order chi connectivity index (χ1) is 10.0. The Morgan fingerprint density at radius 1 is 1.38 bits per heavy atom. The molecule has 0 spiro atoms. The third kappa shape index (κ3) is 3.75.